The van der Waals surface area contributed by atoms with Crippen LogP contribution < -0.4 is 4.90 Å². The summed E-state index contributed by atoms with van der Waals surface area (Å²) in [6, 6.07) is 42.7. The van der Waals surface area contributed by atoms with E-state index < -0.39 is 13.7 Å². The Labute approximate surface area is 316 Å². The molecule has 0 fully saturated rings. The Morgan fingerprint density at radius 2 is 1.44 bits per heavy atom. The van der Waals surface area contributed by atoms with Gasteiger partial charge in [-0.1, -0.05) is 69.3 Å². The van der Waals surface area contributed by atoms with Crippen LogP contribution in [-0.2, 0) is 26.5 Å². The molecule has 0 aliphatic rings. The molecule has 248 valence electrons. The third-order valence-electron chi connectivity index (χ3n) is 8.70. The first kappa shape index (κ1) is 26.6. The average Bonchev–Trinajstić information content (AvgIpc) is 3.74. The third kappa shape index (κ3) is 6.07. The second-order valence-electron chi connectivity index (χ2n) is 13.0. The number of nitrogens with zero attached hydrogens (tertiary/aromatic N) is 4. The fourth-order valence-electron chi connectivity index (χ4n) is 6.23. The summed E-state index contributed by atoms with van der Waals surface area (Å²) in [4.78, 5) is 11.4. The van der Waals surface area contributed by atoms with Gasteiger partial charge in [-0.25, -0.2) is 0 Å². The summed E-state index contributed by atoms with van der Waals surface area (Å²) >= 11 is 0. The standard InChI is InChI=1S/C44H36N4O.Pt/c1-29-12-9-13-30(2)42(29)32-22-23-45-38(26-32)31-14-10-18-36(24-31)47(35-16-7-6-8-17-35)37-19-11-15-33(25-37)43-46-28-41-48(43)39-21-20-34(44(3,4)5)27-40(39)49-41;/h6-23,26-28H,1-5H3;/q-2;+2/i1D3,2D3;. The molecule has 8 rings (SSSR count). The van der Waals surface area contributed by atoms with E-state index in [0.717, 1.165) is 28.0 Å². The van der Waals surface area contributed by atoms with Gasteiger partial charge in [0.1, 0.15) is 0 Å². The van der Waals surface area contributed by atoms with Gasteiger partial charge >= 0.3 is 21.1 Å². The van der Waals surface area contributed by atoms with Crippen LogP contribution in [0.5, 0.6) is 0 Å². The summed E-state index contributed by atoms with van der Waals surface area (Å²) in [5, 5.41) is 0. The molecule has 0 bridgehead atoms. The molecular weight excluding hydrogens is 796 g/mol. The van der Waals surface area contributed by atoms with Crippen molar-refractivity contribution in [1.29, 1.82) is 0 Å². The Hall–Kier alpha value is -5.25. The van der Waals surface area contributed by atoms with Crippen LogP contribution in [-0.4, -0.2) is 14.4 Å². The summed E-state index contributed by atoms with van der Waals surface area (Å²) < 4.78 is 57.4. The van der Waals surface area contributed by atoms with Crippen LogP contribution in [0.4, 0.5) is 17.1 Å². The number of para-hydroxylation sites is 1. The van der Waals surface area contributed by atoms with Crippen molar-refractivity contribution < 1.29 is 33.7 Å². The number of oxazole rings is 1. The van der Waals surface area contributed by atoms with Crippen LogP contribution in [0.15, 0.2) is 132 Å². The molecule has 0 radical (unpaired) electrons. The molecule has 0 aliphatic carbocycles. The molecule has 8 aromatic rings. The monoisotopic (exact) mass is 837 g/mol. The minimum Gasteiger partial charge on any atom is -0.437 e. The fraction of sp³-hybridized carbons (Fsp3) is 0.136. The van der Waals surface area contributed by atoms with Crippen molar-refractivity contribution in [3.63, 3.8) is 0 Å². The van der Waals surface area contributed by atoms with E-state index in [1.54, 1.807) is 24.5 Å². The number of imidazole rings is 1. The number of benzene rings is 5. The van der Waals surface area contributed by atoms with Crippen molar-refractivity contribution >= 4 is 33.9 Å². The zero-order chi connectivity index (χ0) is 38.7. The molecule has 5 nitrogen and oxygen atoms in total. The molecule has 6 heteroatoms. The van der Waals surface area contributed by atoms with Gasteiger partial charge in [-0.2, -0.15) is 0 Å². The summed E-state index contributed by atoms with van der Waals surface area (Å²) in [5.74, 6) is 0.694. The van der Waals surface area contributed by atoms with Crippen molar-refractivity contribution in [2.75, 3.05) is 4.90 Å². The molecule has 0 amide bonds. The molecule has 0 saturated carbocycles. The Morgan fingerprint density at radius 1 is 0.740 bits per heavy atom. The number of rotatable bonds is 6. The summed E-state index contributed by atoms with van der Waals surface area (Å²) in [5.41, 5.74) is 8.24. The quantitative estimate of drug-likeness (QED) is 0.157. The molecule has 0 N–H and O–H groups in total. The van der Waals surface area contributed by atoms with Crippen molar-refractivity contribution in [3.05, 3.63) is 156 Å². The van der Waals surface area contributed by atoms with Crippen LogP contribution in [0.2, 0.25) is 0 Å². The van der Waals surface area contributed by atoms with E-state index >= 15 is 0 Å². The van der Waals surface area contributed by atoms with Gasteiger partial charge < -0.3 is 18.7 Å². The number of fused-ring (bicyclic) bond motifs is 3. The number of pyridine rings is 1. The minimum atomic E-state index is -2.53. The first-order chi connectivity index (χ1) is 26.2. The van der Waals surface area contributed by atoms with E-state index in [9.17, 15) is 0 Å². The first-order valence-electron chi connectivity index (χ1n) is 19.1. The maximum atomic E-state index is 8.19. The van der Waals surface area contributed by atoms with Crippen LogP contribution in [0, 0.1) is 25.8 Å². The first-order valence-corrected chi connectivity index (χ1v) is 16.1. The molecule has 50 heavy (non-hydrogen) atoms. The van der Waals surface area contributed by atoms with Crippen LogP contribution >= 0.6 is 0 Å². The molecule has 5 aromatic carbocycles. The Kier molecular flexibility index (Phi) is 7.03. The second-order valence-corrected chi connectivity index (χ2v) is 13.0. The number of hydrogen-bond donors (Lipinski definition) is 0. The molecule has 3 aromatic heterocycles. The van der Waals surface area contributed by atoms with Gasteiger partial charge in [0.05, 0.1) is 17.5 Å². The van der Waals surface area contributed by atoms with E-state index in [4.69, 9.17) is 17.6 Å². The zero-order valence-electron chi connectivity index (χ0n) is 33.6. The molecule has 3 heterocycles. The van der Waals surface area contributed by atoms with Crippen molar-refractivity contribution in [3.8, 4) is 33.8 Å². The van der Waals surface area contributed by atoms with Gasteiger partial charge in [-0.15, -0.1) is 59.7 Å². The SMILES string of the molecule is [2H]C([2H])([2H])c1cccc(C([2H])([2H])[2H])c1-c1ccnc(-c2[c-]c(N(c3[c-]c(-c4ncc5oc6cc(C(C)(C)C)ccc6n45)ccc3)c3ccccc3)ccc2)c1.[Pt+2]. The minimum absolute atomic E-state index is 0. The van der Waals surface area contributed by atoms with Gasteiger partial charge in [0.25, 0.3) is 0 Å². The zero-order valence-corrected chi connectivity index (χ0v) is 29.9. The van der Waals surface area contributed by atoms with Gasteiger partial charge in [0.2, 0.25) is 5.71 Å². The summed E-state index contributed by atoms with van der Waals surface area (Å²) in [6.45, 7) is 1.47. The number of anilines is 3. The van der Waals surface area contributed by atoms with E-state index in [2.05, 4.69) is 56.1 Å². The van der Waals surface area contributed by atoms with Gasteiger partial charge in [-0.05, 0) is 94.3 Å². The van der Waals surface area contributed by atoms with E-state index in [-0.39, 0.29) is 43.2 Å². The molecule has 0 spiro atoms. The Bertz CT molecular complexity index is 2660. The number of hydrogen-bond acceptors (Lipinski definition) is 4. The molecule has 0 saturated heterocycles. The Morgan fingerprint density at radius 3 is 2.16 bits per heavy atom. The van der Waals surface area contributed by atoms with Gasteiger partial charge in [0, 0.05) is 20.1 Å². The van der Waals surface area contributed by atoms with Crippen LogP contribution in [0.1, 0.15) is 45.7 Å². The maximum absolute atomic E-state index is 8.19. The number of aryl methyl sites for hydroxylation is 2. The topological polar surface area (TPSA) is 46.6 Å². The van der Waals surface area contributed by atoms with Gasteiger partial charge in [0.15, 0.2) is 5.58 Å². The summed E-state index contributed by atoms with van der Waals surface area (Å²) in [6.07, 6.45) is 3.29. The largest absolute Gasteiger partial charge is 2.00 e. The molecular formula is C44H36N4OPt. The summed E-state index contributed by atoms with van der Waals surface area (Å²) in [7, 11) is 0. The predicted octanol–water partition coefficient (Wildman–Crippen LogP) is 11.5. The fourth-order valence-corrected chi connectivity index (χ4v) is 6.23. The molecule has 0 aliphatic heterocycles. The van der Waals surface area contributed by atoms with Crippen LogP contribution in [0.25, 0.3) is 50.6 Å². The van der Waals surface area contributed by atoms with E-state index in [1.165, 1.54) is 23.8 Å². The normalized spacial score (nSPS) is 13.8. The Balaban J connectivity index is 0.00000480. The third-order valence-corrected chi connectivity index (χ3v) is 8.70. The molecule has 0 atom stereocenters. The molecule has 0 unspecified atom stereocenters. The van der Waals surface area contributed by atoms with E-state index in [1.807, 2.05) is 76.0 Å². The van der Waals surface area contributed by atoms with Crippen molar-refractivity contribution in [2.24, 2.45) is 0 Å². The second kappa shape index (κ2) is 13.2. The van der Waals surface area contributed by atoms with E-state index in [0.29, 0.717) is 34.0 Å². The smallest absolute Gasteiger partial charge is 0.437 e. The maximum Gasteiger partial charge on any atom is 2.00 e. The van der Waals surface area contributed by atoms with Crippen molar-refractivity contribution in [1.82, 2.24) is 14.4 Å². The average molecular weight is 838 g/mol. The van der Waals surface area contributed by atoms with Crippen molar-refractivity contribution in [2.45, 2.75) is 39.9 Å². The predicted molar refractivity (Wildman–Crippen MR) is 200 cm³/mol. The number of aromatic nitrogens is 3. The van der Waals surface area contributed by atoms with Gasteiger partial charge in [-0.3, -0.25) is 4.98 Å². The van der Waals surface area contributed by atoms with Crippen LogP contribution in [0.3, 0.4) is 0 Å².